The summed E-state index contributed by atoms with van der Waals surface area (Å²) < 4.78 is 1.90. The van der Waals surface area contributed by atoms with Crippen LogP contribution in [0.5, 0.6) is 0 Å². The van der Waals surface area contributed by atoms with Crippen LogP contribution in [0.4, 0.5) is 0 Å². The molecule has 114 valence electrons. The van der Waals surface area contributed by atoms with Crippen LogP contribution in [0, 0.1) is 6.92 Å². The minimum absolute atomic E-state index is 0.0875. The molecule has 0 aliphatic carbocycles. The number of hydrogen-bond acceptors (Lipinski definition) is 3. The summed E-state index contributed by atoms with van der Waals surface area (Å²) in [5.41, 5.74) is 2.31. The van der Waals surface area contributed by atoms with Crippen molar-refractivity contribution >= 4 is 16.8 Å². The third-order valence-electron chi connectivity index (χ3n) is 3.45. The summed E-state index contributed by atoms with van der Waals surface area (Å²) in [6.45, 7) is 4.41. The van der Waals surface area contributed by atoms with Gasteiger partial charge in [0.05, 0.1) is 18.3 Å². The maximum Gasteiger partial charge on any atom is 0.221 e. The molecule has 0 fully saturated rings. The number of rotatable bonds is 7. The van der Waals surface area contributed by atoms with E-state index in [1.54, 1.807) is 0 Å². The second kappa shape index (κ2) is 7.22. The monoisotopic (exact) mass is 288 g/mol. The van der Waals surface area contributed by atoms with E-state index in [0.29, 0.717) is 13.0 Å². The molecular weight excluding hydrogens is 264 g/mol. The van der Waals surface area contributed by atoms with Gasteiger partial charge in [-0.15, -0.1) is 0 Å². The van der Waals surface area contributed by atoms with Crippen molar-refractivity contribution < 1.29 is 4.79 Å². The fourth-order valence-electron chi connectivity index (χ4n) is 2.30. The van der Waals surface area contributed by atoms with Crippen molar-refractivity contribution in [3.05, 3.63) is 30.0 Å². The molecule has 0 aliphatic heterocycles. The van der Waals surface area contributed by atoms with E-state index in [4.69, 9.17) is 0 Å². The molecule has 0 bridgehead atoms. The number of carbonyl (C=O) groups is 1. The summed E-state index contributed by atoms with van der Waals surface area (Å²) in [5, 5.41) is 8.44. The molecule has 1 heterocycles. The lowest BCUT2D eigenvalue weighted by Gasteiger charge is -2.10. The quantitative estimate of drug-likeness (QED) is 0.790. The average molecular weight is 288 g/mol. The van der Waals surface area contributed by atoms with Crippen LogP contribution in [0.1, 0.15) is 18.4 Å². The van der Waals surface area contributed by atoms with Gasteiger partial charge in [0.1, 0.15) is 0 Å². The van der Waals surface area contributed by atoms with E-state index in [9.17, 15) is 4.79 Å². The Morgan fingerprint density at radius 2 is 2.19 bits per heavy atom. The molecule has 0 spiro atoms. The molecule has 5 heteroatoms. The second-order valence-corrected chi connectivity index (χ2v) is 5.69. The van der Waals surface area contributed by atoms with Gasteiger partial charge in [0.2, 0.25) is 5.91 Å². The second-order valence-electron chi connectivity index (χ2n) is 5.69. The van der Waals surface area contributed by atoms with Crippen molar-refractivity contribution in [2.24, 2.45) is 0 Å². The Kier molecular flexibility index (Phi) is 5.33. The summed E-state index contributed by atoms with van der Waals surface area (Å²) in [6, 6.07) is 6.24. The Morgan fingerprint density at radius 3 is 2.95 bits per heavy atom. The molecule has 2 aromatic rings. The molecular formula is C16H24N4O. The summed E-state index contributed by atoms with van der Waals surface area (Å²) >= 11 is 0. The molecule has 0 aliphatic rings. The van der Waals surface area contributed by atoms with Crippen LogP contribution in [0.3, 0.4) is 0 Å². The third kappa shape index (κ3) is 4.56. The number of aromatic nitrogens is 2. The van der Waals surface area contributed by atoms with Gasteiger partial charge in [0.15, 0.2) is 0 Å². The van der Waals surface area contributed by atoms with Gasteiger partial charge >= 0.3 is 0 Å². The molecule has 21 heavy (non-hydrogen) atoms. The van der Waals surface area contributed by atoms with Crippen molar-refractivity contribution in [1.82, 2.24) is 20.0 Å². The van der Waals surface area contributed by atoms with Gasteiger partial charge in [-0.05, 0) is 46.1 Å². The van der Waals surface area contributed by atoms with Crippen molar-refractivity contribution in [3.8, 4) is 0 Å². The highest BCUT2D eigenvalue weighted by Gasteiger charge is 2.06. The minimum Gasteiger partial charge on any atom is -0.356 e. The van der Waals surface area contributed by atoms with Gasteiger partial charge in [-0.25, -0.2) is 0 Å². The van der Waals surface area contributed by atoms with Crippen LogP contribution >= 0.6 is 0 Å². The molecule has 0 saturated carbocycles. The summed E-state index contributed by atoms with van der Waals surface area (Å²) in [6.07, 6.45) is 3.30. The van der Waals surface area contributed by atoms with Crippen LogP contribution < -0.4 is 5.32 Å². The fraction of sp³-hybridized carbons (Fsp3) is 0.500. The Bertz CT molecular complexity index is 603. The SMILES string of the molecule is Cc1ccc2c(cnn2CCC(=O)NCCCN(C)C)c1. The minimum atomic E-state index is 0.0875. The van der Waals surface area contributed by atoms with Crippen LogP contribution in [0.2, 0.25) is 0 Å². The van der Waals surface area contributed by atoms with Gasteiger partial charge in [-0.2, -0.15) is 5.10 Å². The smallest absolute Gasteiger partial charge is 0.221 e. The molecule has 2 rings (SSSR count). The lowest BCUT2D eigenvalue weighted by atomic mass is 10.2. The Hall–Kier alpha value is -1.88. The molecule has 1 N–H and O–H groups in total. The fourth-order valence-corrected chi connectivity index (χ4v) is 2.30. The van der Waals surface area contributed by atoms with E-state index in [2.05, 4.69) is 40.4 Å². The highest BCUT2D eigenvalue weighted by Crippen LogP contribution is 2.15. The van der Waals surface area contributed by atoms with Crippen LogP contribution in [0.15, 0.2) is 24.4 Å². The standard InChI is InChI=1S/C16H24N4O/c1-13-5-6-15-14(11-13)12-18-20(15)10-7-16(21)17-8-4-9-19(2)3/h5-6,11-12H,4,7-10H2,1-3H3,(H,17,21). The number of benzene rings is 1. The van der Waals surface area contributed by atoms with E-state index in [-0.39, 0.29) is 5.91 Å². The number of amides is 1. The van der Waals surface area contributed by atoms with Gasteiger partial charge in [0, 0.05) is 18.4 Å². The highest BCUT2D eigenvalue weighted by molar-refractivity contribution is 5.80. The molecule has 1 aromatic heterocycles. The first-order chi connectivity index (χ1) is 10.1. The zero-order valence-electron chi connectivity index (χ0n) is 13.1. The van der Waals surface area contributed by atoms with E-state index >= 15 is 0 Å². The van der Waals surface area contributed by atoms with Crippen LogP contribution in [-0.2, 0) is 11.3 Å². The number of nitrogens with one attached hydrogen (secondary N) is 1. The molecule has 0 atom stereocenters. The third-order valence-corrected chi connectivity index (χ3v) is 3.45. The normalized spacial score (nSPS) is 11.2. The van der Waals surface area contributed by atoms with Gasteiger partial charge in [0.25, 0.3) is 0 Å². The largest absolute Gasteiger partial charge is 0.356 e. The zero-order chi connectivity index (χ0) is 15.2. The maximum atomic E-state index is 11.8. The average Bonchev–Trinajstić information content (AvgIpc) is 2.83. The summed E-state index contributed by atoms with van der Waals surface area (Å²) in [4.78, 5) is 13.9. The number of carbonyl (C=O) groups excluding carboxylic acids is 1. The lowest BCUT2D eigenvalue weighted by Crippen LogP contribution is -2.27. The Labute approximate surface area is 125 Å². The predicted molar refractivity (Wildman–Crippen MR) is 85.3 cm³/mol. The number of fused-ring (bicyclic) bond motifs is 1. The molecule has 0 saturated heterocycles. The maximum absolute atomic E-state index is 11.8. The van der Waals surface area contributed by atoms with Crippen molar-refractivity contribution in [2.45, 2.75) is 26.3 Å². The summed E-state index contributed by atoms with van der Waals surface area (Å²) in [7, 11) is 4.07. The Balaban J connectivity index is 1.80. The summed E-state index contributed by atoms with van der Waals surface area (Å²) in [5.74, 6) is 0.0875. The number of aryl methyl sites for hydroxylation is 2. The van der Waals surface area contributed by atoms with Gasteiger partial charge in [-0.1, -0.05) is 11.6 Å². The first-order valence-electron chi connectivity index (χ1n) is 7.40. The van der Waals surface area contributed by atoms with Crippen molar-refractivity contribution in [2.75, 3.05) is 27.2 Å². The highest BCUT2D eigenvalue weighted by atomic mass is 16.1. The van der Waals surface area contributed by atoms with E-state index in [1.165, 1.54) is 5.56 Å². The van der Waals surface area contributed by atoms with E-state index in [0.717, 1.165) is 30.4 Å². The predicted octanol–water partition coefficient (Wildman–Crippen LogP) is 1.80. The van der Waals surface area contributed by atoms with Gasteiger partial charge < -0.3 is 10.2 Å². The number of nitrogens with zero attached hydrogens (tertiary/aromatic N) is 3. The zero-order valence-corrected chi connectivity index (χ0v) is 13.1. The molecule has 1 amide bonds. The van der Waals surface area contributed by atoms with Crippen molar-refractivity contribution in [1.29, 1.82) is 0 Å². The van der Waals surface area contributed by atoms with E-state index in [1.807, 2.05) is 25.0 Å². The Morgan fingerprint density at radius 1 is 1.38 bits per heavy atom. The molecule has 5 nitrogen and oxygen atoms in total. The molecule has 0 radical (unpaired) electrons. The number of hydrogen-bond donors (Lipinski definition) is 1. The topological polar surface area (TPSA) is 50.2 Å². The van der Waals surface area contributed by atoms with Gasteiger partial charge in [-0.3, -0.25) is 9.48 Å². The lowest BCUT2D eigenvalue weighted by molar-refractivity contribution is -0.121. The van der Waals surface area contributed by atoms with Crippen LogP contribution in [0.25, 0.3) is 10.9 Å². The first kappa shape index (κ1) is 15.5. The van der Waals surface area contributed by atoms with E-state index < -0.39 is 0 Å². The van der Waals surface area contributed by atoms with Crippen LogP contribution in [-0.4, -0.2) is 47.8 Å². The van der Waals surface area contributed by atoms with Crippen molar-refractivity contribution in [3.63, 3.8) is 0 Å². The molecule has 1 aromatic carbocycles. The molecule has 0 unspecified atom stereocenters. The first-order valence-corrected chi connectivity index (χ1v) is 7.40.